The Morgan fingerprint density at radius 1 is 1.32 bits per heavy atom. The molecule has 0 atom stereocenters. The summed E-state index contributed by atoms with van der Waals surface area (Å²) in [7, 11) is 0. The van der Waals surface area contributed by atoms with E-state index in [0.717, 1.165) is 34.0 Å². The van der Waals surface area contributed by atoms with Gasteiger partial charge in [0.1, 0.15) is 5.52 Å². The van der Waals surface area contributed by atoms with Crippen molar-refractivity contribution in [1.29, 1.82) is 0 Å². The lowest BCUT2D eigenvalue weighted by Crippen LogP contribution is -2.44. The summed E-state index contributed by atoms with van der Waals surface area (Å²) in [5.41, 5.74) is 8.60. The van der Waals surface area contributed by atoms with E-state index in [2.05, 4.69) is 45.1 Å². The molecule has 0 saturated heterocycles. The second-order valence-electron chi connectivity index (χ2n) is 4.70. The van der Waals surface area contributed by atoms with Crippen molar-refractivity contribution in [3.8, 4) is 0 Å². The molecule has 5 heteroatoms. The summed E-state index contributed by atoms with van der Waals surface area (Å²) < 4.78 is 0.931. The molecule has 4 nitrogen and oxygen atoms in total. The highest BCUT2D eigenvalue weighted by molar-refractivity contribution is 9.10. The zero-order chi connectivity index (χ0) is 13.9. The Morgan fingerprint density at radius 3 is 2.68 bits per heavy atom. The molecule has 0 aromatic carbocycles. The number of pyridine rings is 2. The van der Waals surface area contributed by atoms with Gasteiger partial charge in [-0.05, 0) is 40.9 Å². The predicted molar refractivity (Wildman–Crippen MR) is 83.2 cm³/mol. The molecule has 19 heavy (non-hydrogen) atoms. The first-order chi connectivity index (χ1) is 9.14. The van der Waals surface area contributed by atoms with Crippen molar-refractivity contribution in [2.45, 2.75) is 32.2 Å². The molecule has 0 aliphatic carbocycles. The van der Waals surface area contributed by atoms with Gasteiger partial charge in [-0.3, -0.25) is 9.97 Å². The van der Waals surface area contributed by atoms with Gasteiger partial charge in [-0.25, -0.2) is 0 Å². The van der Waals surface area contributed by atoms with Gasteiger partial charge in [0.25, 0.3) is 0 Å². The standard InChI is InChI=1S/C14H19BrN4/c1-3-14(4-2,9-16)19-11-5-6-17-12-7-10(15)8-18-13(11)12/h5-8H,3-4,9,16H2,1-2H3,(H,17,19). The average molecular weight is 323 g/mol. The van der Waals surface area contributed by atoms with Crippen LogP contribution in [0, 0.1) is 0 Å². The van der Waals surface area contributed by atoms with Gasteiger partial charge >= 0.3 is 0 Å². The summed E-state index contributed by atoms with van der Waals surface area (Å²) >= 11 is 3.42. The summed E-state index contributed by atoms with van der Waals surface area (Å²) in [6, 6.07) is 3.93. The second kappa shape index (κ2) is 5.84. The minimum atomic E-state index is -0.0803. The van der Waals surface area contributed by atoms with Crippen LogP contribution < -0.4 is 11.1 Å². The predicted octanol–water partition coefficient (Wildman–Crippen LogP) is 3.32. The molecule has 102 valence electrons. The average Bonchev–Trinajstić information content (AvgIpc) is 2.44. The quantitative estimate of drug-likeness (QED) is 0.886. The lowest BCUT2D eigenvalue weighted by molar-refractivity contribution is 0.446. The summed E-state index contributed by atoms with van der Waals surface area (Å²) in [5.74, 6) is 0. The molecule has 0 fully saturated rings. The number of rotatable bonds is 5. The summed E-state index contributed by atoms with van der Waals surface area (Å²) in [6.45, 7) is 4.90. The zero-order valence-corrected chi connectivity index (χ0v) is 12.9. The van der Waals surface area contributed by atoms with E-state index in [1.165, 1.54) is 0 Å². The van der Waals surface area contributed by atoms with Crippen LogP contribution >= 0.6 is 15.9 Å². The van der Waals surface area contributed by atoms with Crippen LogP contribution in [0.15, 0.2) is 29.0 Å². The van der Waals surface area contributed by atoms with Crippen molar-refractivity contribution in [3.63, 3.8) is 0 Å². The van der Waals surface area contributed by atoms with E-state index in [-0.39, 0.29) is 5.54 Å². The highest BCUT2D eigenvalue weighted by atomic mass is 79.9. The van der Waals surface area contributed by atoms with Gasteiger partial charge in [0.15, 0.2) is 0 Å². The van der Waals surface area contributed by atoms with Crippen molar-refractivity contribution >= 4 is 32.7 Å². The van der Waals surface area contributed by atoms with Gasteiger partial charge in [0.05, 0.1) is 11.2 Å². The van der Waals surface area contributed by atoms with Gasteiger partial charge in [-0.15, -0.1) is 0 Å². The summed E-state index contributed by atoms with van der Waals surface area (Å²) in [5, 5.41) is 3.56. The summed E-state index contributed by atoms with van der Waals surface area (Å²) in [4.78, 5) is 8.80. The lowest BCUT2D eigenvalue weighted by Gasteiger charge is -2.32. The lowest BCUT2D eigenvalue weighted by atomic mass is 9.92. The Balaban J connectivity index is 2.45. The van der Waals surface area contributed by atoms with Crippen molar-refractivity contribution in [3.05, 3.63) is 29.0 Å². The highest BCUT2D eigenvalue weighted by Crippen LogP contribution is 2.27. The van der Waals surface area contributed by atoms with Crippen molar-refractivity contribution in [2.24, 2.45) is 5.73 Å². The third kappa shape index (κ3) is 2.87. The van der Waals surface area contributed by atoms with Crippen molar-refractivity contribution in [2.75, 3.05) is 11.9 Å². The number of halogens is 1. The van der Waals surface area contributed by atoms with Crippen LogP contribution in [0.5, 0.6) is 0 Å². The molecule has 0 radical (unpaired) electrons. The third-order valence-corrected chi connectivity index (χ3v) is 4.12. The second-order valence-corrected chi connectivity index (χ2v) is 5.61. The Bertz CT molecular complexity index is 558. The van der Waals surface area contributed by atoms with E-state index in [1.807, 2.05) is 12.1 Å². The first kappa shape index (κ1) is 14.2. The molecule has 2 rings (SSSR count). The van der Waals surface area contributed by atoms with Crippen LogP contribution in [-0.4, -0.2) is 22.1 Å². The molecule has 0 amide bonds. The Labute approximate surface area is 121 Å². The molecule has 0 aliphatic heterocycles. The van der Waals surface area contributed by atoms with E-state index < -0.39 is 0 Å². The third-order valence-electron chi connectivity index (χ3n) is 3.69. The molecular weight excluding hydrogens is 304 g/mol. The van der Waals surface area contributed by atoms with Crippen molar-refractivity contribution < 1.29 is 0 Å². The minimum Gasteiger partial charge on any atom is -0.376 e. The summed E-state index contributed by atoms with van der Waals surface area (Å²) in [6.07, 6.45) is 5.53. The Kier molecular flexibility index (Phi) is 4.37. The minimum absolute atomic E-state index is 0.0803. The number of aromatic nitrogens is 2. The van der Waals surface area contributed by atoms with Crippen LogP contribution in [0.3, 0.4) is 0 Å². The van der Waals surface area contributed by atoms with Crippen LogP contribution in [0.25, 0.3) is 11.0 Å². The van der Waals surface area contributed by atoms with Crippen LogP contribution in [0.4, 0.5) is 5.69 Å². The fourth-order valence-corrected chi connectivity index (χ4v) is 2.48. The zero-order valence-electron chi connectivity index (χ0n) is 11.3. The topological polar surface area (TPSA) is 63.8 Å². The maximum Gasteiger partial charge on any atom is 0.112 e. The smallest absolute Gasteiger partial charge is 0.112 e. The number of nitrogens with two attached hydrogens (primary N) is 1. The molecule has 0 aliphatic rings. The molecule has 2 aromatic rings. The monoisotopic (exact) mass is 322 g/mol. The molecule has 3 N–H and O–H groups in total. The first-order valence-electron chi connectivity index (χ1n) is 6.52. The van der Waals surface area contributed by atoms with Gasteiger partial charge in [-0.1, -0.05) is 13.8 Å². The molecular formula is C14H19BrN4. The maximum absolute atomic E-state index is 5.94. The first-order valence-corrected chi connectivity index (χ1v) is 7.32. The molecule has 0 unspecified atom stereocenters. The van der Waals surface area contributed by atoms with Gasteiger partial charge in [0, 0.05) is 29.0 Å². The fourth-order valence-electron chi connectivity index (χ4n) is 2.16. The van der Waals surface area contributed by atoms with Gasteiger partial charge in [0.2, 0.25) is 0 Å². The van der Waals surface area contributed by atoms with E-state index in [0.29, 0.717) is 6.54 Å². The largest absolute Gasteiger partial charge is 0.376 e. The van der Waals surface area contributed by atoms with Gasteiger partial charge in [-0.2, -0.15) is 0 Å². The van der Waals surface area contributed by atoms with Crippen LogP contribution in [0.1, 0.15) is 26.7 Å². The maximum atomic E-state index is 5.94. The molecule has 0 saturated carbocycles. The molecule has 0 bridgehead atoms. The SMILES string of the molecule is CCC(CC)(CN)Nc1ccnc2cc(Br)cnc12. The molecule has 2 heterocycles. The number of nitrogens with zero attached hydrogens (tertiary/aromatic N) is 2. The van der Waals surface area contributed by atoms with Gasteiger partial charge < -0.3 is 11.1 Å². The van der Waals surface area contributed by atoms with E-state index >= 15 is 0 Å². The fraction of sp³-hybridized carbons (Fsp3) is 0.429. The highest BCUT2D eigenvalue weighted by Gasteiger charge is 2.24. The van der Waals surface area contributed by atoms with E-state index in [9.17, 15) is 0 Å². The molecule has 0 spiro atoms. The number of hydrogen-bond donors (Lipinski definition) is 2. The number of anilines is 1. The number of hydrogen-bond acceptors (Lipinski definition) is 4. The number of fused-ring (bicyclic) bond motifs is 1. The normalized spacial score (nSPS) is 11.8. The van der Waals surface area contributed by atoms with Crippen molar-refractivity contribution in [1.82, 2.24) is 9.97 Å². The molecule has 2 aromatic heterocycles. The van der Waals surface area contributed by atoms with Crippen LogP contribution in [-0.2, 0) is 0 Å². The number of nitrogens with one attached hydrogen (secondary N) is 1. The Hall–Kier alpha value is -1.20. The Morgan fingerprint density at radius 2 is 2.05 bits per heavy atom. The van der Waals surface area contributed by atoms with E-state index in [4.69, 9.17) is 5.73 Å². The van der Waals surface area contributed by atoms with Crippen LogP contribution in [0.2, 0.25) is 0 Å². The van der Waals surface area contributed by atoms with E-state index in [1.54, 1.807) is 12.4 Å².